The molecular formula is C46H29NO2. The van der Waals surface area contributed by atoms with Crippen LogP contribution in [0.25, 0.3) is 76.9 Å². The quantitative estimate of drug-likeness (QED) is 0.190. The second kappa shape index (κ2) is 11.0. The highest BCUT2D eigenvalue weighted by Crippen LogP contribution is 2.43. The van der Waals surface area contributed by atoms with Crippen molar-refractivity contribution in [2.24, 2.45) is 0 Å². The van der Waals surface area contributed by atoms with Crippen LogP contribution < -0.4 is 4.90 Å². The summed E-state index contributed by atoms with van der Waals surface area (Å²) in [7, 11) is 0. The number of benzene rings is 8. The van der Waals surface area contributed by atoms with E-state index in [4.69, 9.17) is 8.83 Å². The minimum atomic E-state index is 0.879. The third-order valence-corrected chi connectivity index (χ3v) is 9.65. The van der Waals surface area contributed by atoms with Crippen molar-refractivity contribution < 1.29 is 8.83 Å². The molecule has 0 aliphatic carbocycles. The number of nitrogens with zero attached hydrogens (tertiary/aromatic N) is 1. The van der Waals surface area contributed by atoms with Gasteiger partial charge in [0, 0.05) is 44.0 Å². The molecule has 0 fully saturated rings. The molecule has 10 aromatic rings. The van der Waals surface area contributed by atoms with E-state index in [1.165, 1.54) is 16.5 Å². The van der Waals surface area contributed by atoms with E-state index in [-0.39, 0.29) is 0 Å². The van der Waals surface area contributed by atoms with Gasteiger partial charge in [0.2, 0.25) is 0 Å². The van der Waals surface area contributed by atoms with Gasteiger partial charge in [0.25, 0.3) is 0 Å². The zero-order chi connectivity index (χ0) is 32.3. The predicted molar refractivity (Wildman–Crippen MR) is 204 cm³/mol. The number of fused-ring (bicyclic) bond motifs is 8. The second-order valence-corrected chi connectivity index (χ2v) is 12.5. The lowest BCUT2D eigenvalue weighted by Gasteiger charge is -2.26. The molecule has 8 aromatic carbocycles. The van der Waals surface area contributed by atoms with Crippen LogP contribution in [0.2, 0.25) is 0 Å². The van der Waals surface area contributed by atoms with Crippen molar-refractivity contribution in [3.63, 3.8) is 0 Å². The van der Waals surface area contributed by atoms with Gasteiger partial charge in [-0.15, -0.1) is 0 Å². The second-order valence-electron chi connectivity index (χ2n) is 12.5. The van der Waals surface area contributed by atoms with Crippen LogP contribution in [0, 0.1) is 0 Å². The van der Waals surface area contributed by atoms with Crippen molar-refractivity contribution in [2.45, 2.75) is 0 Å². The molecule has 0 unspecified atom stereocenters. The Balaban J connectivity index is 1.16. The van der Waals surface area contributed by atoms with Gasteiger partial charge in [-0.3, -0.25) is 0 Å². The summed E-state index contributed by atoms with van der Waals surface area (Å²) in [6.07, 6.45) is 0. The molecule has 10 rings (SSSR count). The molecule has 2 aromatic heterocycles. The number of furan rings is 2. The van der Waals surface area contributed by atoms with Gasteiger partial charge >= 0.3 is 0 Å². The molecule has 0 saturated heterocycles. The van der Waals surface area contributed by atoms with E-state index in [0.29, 0.717) is 0 Å². The number of hydrogen-bond acceptors (Lipinski definition) is 3. The molecule has 0 atom stereocenters. The van der Waals surface area contributed by atoms with Crippen molar-refractivity contribution in [1.82, 2.24) is 0 Å². The first kappa shape index (κ1) is 27.5. The monoisotopic (exact) mass is 627 g/mol. The summed E-state index contributed by atoms with van der Waals surface area (Å²) >= 11 is 0. The van der Waals surface area contributed by atoms with Gasteiger partial charge < -0.3 is 13.7 Å². The molecule has 0 aliphatic rings. The van der Waals surface area contributed by atoms with Crippen LogP contribution in [-0.2, 0) is 0 Å². The third kappa shape index (κ3) is 4.51. The maximum atomic E-state index is 6.54. The maximum absolute atomic E-state index is 6.54. The topological polar surface area (TPSA) is 29.5 Å². The average molecular weight is 628 g/mol. The molecule has 0 amide bonds. The smallest absolute Gasteiger partial charge is 0.143 e. The lowest BCUT2D eigenvalue weighted by Crippen LogP contribution is -2.10. The minimum Gasteiger partial charge on any atom is -0.456 e. The Morgan fingerprint density at radius 2 is 1.02 bits per heavy atom. The first-order chi connectivity index (χ1) is 24.3. The van der Waals surface area contributed by atoms with E-state index in [1.54, 1.807) is 0 Å². The fraction of sp³-hybridized carbons (Fsp3) is 0. The molecule has 3 nitrogen and oxygen atoms in total. The number of hydrogen-bond donors (Lipinski definition) is 0. The first-order valence-electron chi connectivity index (χ1n) is 16.6. The Bertz CT molecular complexity index is 2830. The summed E-state index contributed by atoms with van der Waals surface area (Å²) in [4.78, 5) is 2.33. The highest BCUT2D eigenvalue weighted by atomic mass is 16.3. The molecule has 0 N–H and O–H groups in total. The molecule has 3 heteroatoms. The molecule has 0 aliphatic heterocycles. The normalized spacial score (nSPS) is 11.7. The van der Waals surface area contributed by atoms with Crippen LogP contribution in [-0.4, -0.2) is 0 Å². The van der Waals surface area contributed by atoms with E-state index >= 15 is 0 Å². The summed E-state index contributed by atoms with van der Waals surface area (Å²) in [6.45, 7) is 0. The van der Waals surface area contributed by atoms with Crippen LogP contribution in [0.4, 0.5) is 17.1 Å². The Morgan fingerprint density at radius 1 is 0.347 bits per heavy atom. The Hall–Kier alpha value is -6.58. The zero-order valence-electron chi connectivity index (χ0n) is 26.5. The molecule has 49 heavy (non-hydrogen) atoms. The van der Waals surface area contributed by atoms with Gasteiger partial charge in [-0.25, -0.2) is 0 Å². The minimum absolute atomic E-state index is 0.879. The van der Waals surface area contributed by atoms with E-state index in [1.807, 2.05) is 12.1 Å². The standard InChI is InChI=1S/C46H29NO2/c1-2-10-30(11-3-1)31-20-23-34(24-21-31)47(36-25-27-43-41(29-36)39-16-6-7-18-42(39)48-43)35-14-8-13-33(28-35)37-17-9-19-44-45(37)40-26-22-32-12-4-5-15-38(32)46(40)49-44/h1-29H. The molecule has 0 bridgehead atoms. The SMILES string of the molecule is c1ccc(-c2ccc(N(c3cccc(-c4cccc5oc6c7ccccc7ccc6c45)c3)c3ccc4oc5ccccc5c4c3)cc2)cc1. The van der Waals surface area contributed by atoms with Crippen LogP contribution >= 0.6 is 0 Å². The van der Waals surface area contributed by atoms with Crippen LogP contribution in [0.1, 0.15) is 0 Å². The lowest BCUT2D eigenvalue weighted by atomic mass is 9.97. The highest BCUT2D eigenvalue weighted by Gasteiger charge is 2.19. The fourth-order valence-electron chi connectivity index (χ4n) is 7.34. The highest BCUT2D eigenvalue weighted by molar-refractivity contribution is 6.19. The van der Waals surface area contributed by atoms with Crippen LogP contribution in [0.5, 0.6) is 0 Å². The largest absolute Gasteiger partial charge is 0.456 e. The van der Waals surface area contributed by atoms with Crippen molar-refractivity contribution in [3.8, 4) is 22.3 Å². The Morgan fingerprint density at radius 3 is 1.92 bits per heavy atom. The van der Waals surface area contributed by atoms with Crippen molar-refractivity contribution in [2.75, 3.05) is 4.90 Å². The van der Waals surface area contributed by atoms with Crippen LogP contribution in [0.3, 0.4) is 0 Å². The van der Waals surface area contributed by atoms with Gasteiger partial charge in [0.05, 0.1) is 0 Å². The summed E-state index contributed by atoms with van der Waals surface area (Å²) in [5, 5.41) is 6.76. The molecule has 230 valence electrons. The van der Waals surface area contributed by atoms with E-state index in [9.17, 15) is 0 Å². The maximum Gasteiger partial charge on any atom is 0.143 e. The van der Waals surface area contributed by atoms with Gasteiger partial charge in [-0.2, -0.15) is 0 Å². The molecular weight excluding hydrogens is 599 g/mol. The van der Waals surface area contributed by atoms with Crippen LogP contribution in [0.15, 0.2) is 185 Å². The van der Waals surface area contributed by atoms with E-state index < -0.39 is 0 Å². The molecule has 0 saturated carbocycles. The zero-order valence-corrected chi connectivity index (χ0v) is 26.5. The number of para-hydroxylation sites is 1. The lowest BCUT2D eigenvalue weighted by molar-refractivity contribution is 0.669. The summed E-state index contributed by atoms with van der Waals surface area (Å²) in [5.74, 6) is 0. The van der Waals surface area contributed by atoms with Crippen molar-refractivity contribution in [3.05, 3.63) is 176 Å². The van der Waals surface area contributed by atoms with Gasteiger partial charge in [-0.05, 0) is 88.3 Å². The third-order valence-electron chi connectivity index (χ3n) is 9.65. The molecule has 0 spiro atoms. The van der Waals surface area contributed by atoms with Crippen molar-refractivity contribution in [1.29, 1.82) is 0 Å². The summed E-state index contributed by atoms with van der Waals surface area (Å²) in [6, 6.07) is 62.1. The van der Waals surface area contributed by atoms with Gasteiger partial charge in [0.15, 0.2) is 0 Å². The van der Waals surface area contributed by atoms with Gasteiger partial charge in [0.1, 0.15) is 22.3 Å². The number of anilines is 3. The summed E-state index contributed by atoms with van der Waals surface area (Å²) < 4.78 is 12.7. The molecule has 0 radical (unpaired) electrons. The number of rotatable bonds is 5. The van der Waals surface area contributed by atoms with Gasteiger partial charge in [-0.1, -0.05) is 115 Å². The Labute approximate surface area is 282 Å². The van der Waals surface area contributed by atoms with E-state index in [2.05, 4.69) is 169 Å². The average Bonchev–Trinajstić information content (AvgIpc) is 3.74. The molecule has 2 heterocycles. The Kier molecular flexibility index (Phi) is 6.18. The summed E-state index contributed by atoms with van der Waals surface area (Å²) in [5.41, 5.74) is 11.4. The first-order valence-corrected chi connectivity index (χ1v) is 16.6. The predicted octanol–water partition coefficient (Wildman–Crippen LogP) is 13.4. The fourth-order valence-corrected chi connectivity index (χ4v) is 7.34. The van der Waals surface area contributed by atoms with E-state index in [0.717, 1.165) is 77.5 Å². The van der Waals surface area contributed by atoms with Crippen molar-refractivity contribution >= 4 is 71.7 Å².